The van der Waals surface area contributed by atoms with Gasteiger partial charge in [0, 0.05) is 16.6 Å². The standard InChI is InChI=1S/C18H18FN3O2S/c1-11-17(12(2)24-21-11)8-18(23)22(9-15-10-25-13(3)20-15)16-6-4-14(19)5-7-16/h4-7,10H,8-9H2,1-3H3. The van der Waals surface area contributed by atoms with E-state index in [1.54, 1.807) is 24.0 Å². The fourth-order valence-corrected chi connectivity index (χ4v) is 3.19. The minimum absolute atomic E-state index is 0.119. The molecule has 130 valence electrons. The number of rotatable bonds is 5. The lowest BCUT2D eigenvalue weighted by atomic mass is 10.1. The van der Waals surface area contributed by atoms with Gasteiger partial charge in [0.05, 0.1) is 29.4 Å². The van der Waals surface area contributed by atoms with Crippen molar-refractivity contribution in [1.82, 2.24) is 10.1 Å². The van der Waals surface area contributed by atoms with Gasteiger partial charge in [0.2, 0.25) is 5.91 Å². The fraction of sp³-hybridized carbons (Fsp3) is 0.278. The van der Waals surface area contributed by atoms with Gasteiger partial charge in [-0.1, -0.05) is 5.16 Å². The molecule has 25 heavy (non-hydrogen) atoms. The molecule has 0 fully saturated rings. The van der Waals surface area contributed by atoms with Crippen molar-refractivity contribution in [3.63, 3.8) is 0 Å². The number of hydrogen-bond donors (Lipinski definition) is 0. The Labute approximate surface area is 149 Å². The Morgan fingerprint density at radius 3 is 2.52 bits per heavy atom. The molecule has 1 amide bonds. The molecule has 0 spiro atoms. The topological polar surface area (TPSA) is 59.2 Å². The van der Waals surface area contributed by atoms with Crippen molar-refractivity contribution >= 4 is 22.9 Å². The molecular formula is C18H18FN3O2S. The lowest BCUT2D eigenvalue weighted by Crippen LogP contribution is -2.32. The minimum atomic E-state index is -0.341. The smallest absolute Gasteiger partial charge is 0.231 e. The van der Waals surface area contributed by atoms with Crippen LogP contribution >= 0.6 is 11.3 Å². The molecule has 3 aromatic rings. The van der Waals surface area contributed by atoms with Crippen LogP contribution < -0.4 is 4.90 Å². The van der Waals surface area contributed by atoms with Gasteiger partial charge in [-0.05, 0) is 45.0 Å². The molecule has 0 radical (unpaired) electrons. The quantitative estimate of drug-likeness (QED) is 0.692. The molecule has 0 aliphatic rings. The summed E-state index contributed by atoms with van der Waals surface area (Å²) in [7, 11) is 0. The molecule has 2 heterocycles. The first-order chi connectivity index (χ1) is 11.9. The second-order valence-corrected chi connectivity index (χ2v) is 6.86. The lowest BCUT2D eigenvalue weighted by molar-refractivity contribution is -0.118. The molecule has 0 N–H and O–H groups in total. The van der Waals surface area contributed by atoms with E-state index in [2.05, 4.69) is 10.1 Å². The van der Waals surface area contributed by atoms with Crippen LogP contribution in [0.2, 0.25) is 0 Å². The zero-order chi connectivity index (χ0) is 18.0. The summed E-state index contributed by atoms with van der Waals surface area (Å²) in [5.41, 5.74) is 2.92. The van der Waals surface area contributed by atoms with E-state index in [0.29, 0.717) is 23.7 Å². The van der Waals surface area contributed by atoms with Crippen molar-refractivity contribution in [2.75, 3.05) is 4.90 Å². The summed E-state index contributed by atoms with van der Waals surface area (Å²) >= 11 is 1.53. The maximum Gasteiger partial charge on any atom is 0.231 e. The van der Waals surface area contributed by atoms with Gasteiger partial charge in [-0.2, -0.15) is 0 Å². The number of nitrogens with zero attached hydrogens (tertiary/aromatic N) is 3. The van der Waals surface area contributed by atoms with E-state index in [9.17, 15) is 9.18 Å². The van der Waals surface area contributed by atoms with E-state index in [1.807, 2.05) is 19.2 Å². The van der Waals surface area contributed by atoms with Crippen LogP contribution in [0.25, 0.3) is 0 Å². The van der Waals surface area contributed by atoms with Crippen LogP contribution in [0, 0.1) is 26.6 Å². The second kappa shape index (κ2) is 7.14. The average molecular weight is 359 g/mol. The van der Waals surface area contributed by atoms with Crippen molar-refractivity contribution in [3.05, 3.63) is 63.2 Å². The zero-order valence-corrected chi connectivity index (χ0v) is 15.1. The van der Waals surface area contributed by atoms with Crippen LogP contribution in [0.3, 0.4) is 0 Å². The normalized spacial score (nSPS) is 10.9. The number of aryl methyl sites for hydroxylation is 3. The Kier molecular flexibility index (Phi) is 4.94. The number of halogens is 1. The van der Waals surface area contributed by atoms with Gasteiger partial charge < -0.3 is 9.42 Å². The summed E-state index contributed by atoms with van der Waals surface area (Å²) in [5, 5.41) is 6.76. The van der Waals surface area contributed by atoms with E-state index >= 15 is 0 Å². The number of thiazole rings is 1. The number of hydrogen-bond acceptors (Lipinski definition) is 5. The second-order valence-electron chi connectivity index (χ2n) is 5.79. The Bertz CT molecular complexity index is 867. The van der Waals surface area contributed by atoms with Crippen molar-refractivity contribution < 1.29 is 13.7 Å². The van der Waals surface area contributed by atoms with Gasteiger partial charge in [-0.25, -0.2) is 9.37 Å². The first-order valence-electron chi connectivity index (χ1n) is 7.82. The fourth-order valence-electron chi connectivity index (χ4n) is 2.59. The molecule has 0 saturated heterocycles. The molecule has 7 heteroatoms. The van der Waals surface area contributed by atoms with Gasteiger partial charge >= 0.3 is 0 Å². The van der Waals surface area contributed by atoms with E-state index < -0.39 is 0 Å². The molecular weight excluding hydrogens is 341 g/mol. The van der Waals surface area contributed by atoms with Gasteiger partial charge in [0.1, 0.15) is 11.6 Å². The summed E-state index contributed by atoms with van der Waals surface area (Å²) in [4.78, 5) is 19.0. The van der Waals surface area contributed by atoms with Crippen molar-refractivity contribution in [2.24, 2.45) is 0 Å². The number of anilines is 1. The molecule has 1 aromatic carbocycles. The first kappa shape index (κ1) is 17.3. The van der Waals surface area contributed by atoms with E-state index in [4.69, 9.17) is 4.52 Å². The number of aromatic nitrogens is 2. The van der Waals surface area contributed by atoms with Crippen LogP contribution in [0.5, 0.6) is 0 Å². The third-order valence-electron chi connectivity index (χ3n) is 3.94. The van der Waals surface area contributed by atoms with Crippen LogP contribution in [-0.4, -0.2) is 16.0 Å². The monoisotopic (exact) mass is 359 g/mol. The first-order valence-corrected chi connectivity index (χ1v) is 8.70. The van der Waals surface area contributed by atoms with Crippen LogP contribution in [0.15, 0.2) is 34.2 Å². The van der Waals surface area contributed by atoms with Gasteiger partial charge in [0.25, 0.3) is 0 Å². The summed E-state index contributed by atoms with van der Waals surface area (Å²) in [6.45, 7) is 5.85. The largest absolute Gasteiger partial charge is 0.361 e. The lowest BCUT2D eigenvalue weighted by Gasteiger charge is -2.22. The Balaban J connectivity index is 1.89. The number of carbonyl (C=O) groups is 1. The van der Waals surface area contributed by atoms with Gasteiger partial charge in [0.15, 0.2) is 0 Å². The van der Waals surface area contributed by atoms with E-state index in [1.165, 1.54) is 23.5 Å². The Morgan fingerprint density at radius 1 is 1.24 bits per heavy atom. The molecule has 0 aliphatic heterocycles. The third-order valence-corrected chi connectivity index (χ3v) is 4.76. The van der Waals surface area contributed by atoms with Crippen LogP contribution in [0.1, 0.15) is 27.7 Å². The van der Waals surface area contributed by atoms with Crippen molar-refractivity contribution in [2.45, 2.75) is 33.7 Å². The molecule has 0 atom stereocenters. The van der Waals surface area contributed by atoms with Gasteiger partial charge in [-0.3, -0.25) is 4.79 Å². The van der Waals surface area contributed by atoms with Crippen LogP contribution in [-0.2, 0) is 17.8 Å². The highest BCUT2D eigenvalue weighted by molar-refractivity contribution is 7.09. The summed E-state index contributed by atoms with van der Waals surface area (Å²) in [6.07, 6.45) is 0.168. The Morgan fingerprint density at radius 2 is 1.96 bits per heavy atom. The molecule has 0 aliphatic carbocycles. The molecule has 0 unspecified atom stereocenters. The summed E-state index contributed by atoms with van der Waals surface area (Å²) < 4.78 is 18.4. The number of carbonyl (C=O) groups excluding carboxylic acids is 1. The van der Waals surface area contributed by atoms with Crippen molar-refractivity contribution in [1.29, 1.82) is 0 Å². The predicted octanol–water partition coefficient (Wildman–Crippen LogP) is 3.97. The Hall–Kier alpha value is -2.54. The van der Waals surface area contributed by atoms with Gasteiger partial charge in [-0.15, -0.1) is 11.3 Å². The molecule has 0 saturated carbocycles. The maximum absolute atomic E-state index is 13.3. The highest BCUT2D eigenvalue weighted by Gasteiger charge is 2.21. The zero-order valence-electron chi connectivity index (χ0n) is 14.2. The number of amides is 1. The molecule has 0 bridgehead atoms. The SMILES string of the molecule is Cc1nc(CN(C(=O)Cc2c(C)noc2C)c2ccc(F)cc2)cs1. The predicted molar refractivity (Wildman–Crippen MR) is 94.1 cm³/mol. The highest BCUT2D eigenvalue weighted by atomic mass is 32.1. The summed E-state index contributed by atoms with van der Waals surface area (Å²) in [5.74, 6) is 0.174. The average Bonchev–Trinajstić information content (AvgIpc) is 3.13. The summed E-state index contributed by atoms with van der Waals surface area (Å²) in [6, 6.07) is 5.88. The number of benzene rings is 1. The van der Waals surface area contributed by atoms with E-state index in [0.717, 1.165) is 16.3 Å². The minimum Gasteiger partial charge on any atom is -0.361 e. The highest BCUT2D eigenvalue weighted by Crippen LogP contribution is 2.22. The molecule has 5 nitrogen and oxygen atoms in total. The third kappa shape index (κ3) is 3.93. The van der Waals surface area contributed by atoms with Crippen LogP contribution in [0.4, 0.5) is 10.1 Å². The van der Waals surface area contributed by atoms with Crippen molar-refractivity contribution in [3.8, 4) is 0 Å². The van der Waals surface area contributed by atoms with E-state index in [-0.39, 0.29) is 18.1 Å². The maximum atomic E-state index is 13.3. The molecule has 3 rings (SSSR count). The molecule has 2 aromatic heterocycles.